The molecule has 0 amide bonds. The van der Waals surface area contributed by atoms with Gasteiger partial charge in [-0.15, -0.1) is 10.2 Å². The molecular formula is C24H18N2O2. The molecule has 3 aromatic carbocycles. The lowest BCUT2D eigenvalue weighted by atomic mass is 9.97. The molecular weight excluding hydrogens is 348 g/mol. The Morgan fingerprint density at radius 1 is 0.571 bits per heavy atom. The highest BCUT2D eigenvalue weighted by molar-refractivity contribution is 5.83. The zero-order valence-corrected chi connectivity index (χ0v) is 15.2. The molecule has 0 bridgehead atoms. The highest BCUT2D eigenvalue weighted by Gasteiger charge is 2.17. The van der Waals surface area contributed by atoms with Gasteiger partial charge in [0.25, 0.3) is 0 Å². The van der Waals surface area contributed by atoms with E-state index in [9.17, 15) is 0 Å². The minimum absolute atomic E-state index is 0.561. The van der Waals surface area contributed by atoms with Gasteiger partial charge in [-0.3, -0.25) is 0 Å². The summed E-state index contributed by atoms with van der Waals surface area (Å²) in [4.78, 5) is 0. The Bertz CT molecular complexity index is 1110. The van der Waals surface area contributed by atoms with Crippen molar-refractivity contribution in [3.63, 3.8) is 0 Å². The maximum atomic E-state index is 5.79. The van der Waals surface area contributed by atoms with Crippen LogP contribution in [0.4, 0.5) is 0 Å². The van der Waals surface area contributed by atoms with E-state index in [-0.39, 0.29) is 0 Å². The fourth-order valence-electron chi connectivity index (χ4n) is 3.38. The fourth-order valence-corrected chi connectivity index (χ4v) is 3.38. The van der Waals surface area contributed by atoms with E-state index in [4.69, 9.17) is 9.47 Å². The molecule has 1 aromatic heterocycles. The maximum Gasteiger partial charge on any atom is 0.161 e. The van der Waals surface area contributed by atoms with Gasteiger partial charge in [0.2, 0.25) is 0 Å². The summed E-state index contributed by atoms with van der Waals surface area (Å²) < 4.78 is 11.5. The second kappa shape index (κ2) is 7.16. The monoisotopic (exact) mass is 366 g/mol. The highest BCUT2D eigenvalue weighted by Crippen LogP contribution is 2.38. The molecule has 0 saturated heterocycles. The molecule has 2 heterocycles. The Balaban J connectivity index is 1.69. The molecule has 0 aliphatic carbocycles. The molecule has 5 rings (SSSR count). The van der Waals surface area contributed by atoms with E-state index in [1.165, 1.54) is 0 Å². The summed E-state index contributed by atoms with van der Waals surface area (Å²) in [6.07, 6.45) is 0. The van der Waals surface area contributed by atoms with Crippen LogP contribution >= 0.6 is 0 Å². The molecule has 0 N–H and O–H groups in total. The third-order valence-electron chi connectivity index (χ3n) is 4.76. The summed E-state index contributed by atoms with van der Waals surface area (Å²) in [5.74, 6) is 1.54. The van der Waals surface area contributed by atoms with E-state index in [2.05, 4.69) is 16.3 Å². The number of ether oxygens (including phenoxy) is 2. The van der Waals surface area contributed by atoms with Crippen LogP contribution in [0.3, 0.4) is 0 Å². The molecule has 0 atom stereocenters. The molecule has 4 aromatic rings. The molecule has 4 nitrogen and oxygen atoms in total. The van der Waals surface area contributed by atoms with Gasteiger partial charge in [0, 0.05) is 16.7 Å². The SMILES string of the molecule is c1ccc(-c2cc(-c3ccc4c(c3)OCCO4)c(-c3ccccc3)nn2)cc1. The van der Waals surface area contributed by atoms with Gasteiger partial charge < -0.3 is 9.47 Å². The largest absolute Gasteiger partial charge is 0.486 e. The van der Waals surface area contributed by atoms with Gasteiger partial charge in [-0.1, -0.05) is 66.7 Å². The van der Waals surface area contributed by atoms with E-state index < -0.39 is 0 Å². The number of nitrogens with zero attached hydrogens (tertiary/aromatic N) is 2. The van der Waals surface area contributed by atoms with E-state index in [0.29, 0.717) is 13.2 Å². The van der Waals surface area contributed by atoms with Gasteiger partial charge in [-0.25, -0.2) is 0 Å². The summed E-state index contributed by atoms with van der Waals surface area (Å²) in [6.45, 7) is 1.14. The normalized spacial score (nSPS) is 12.6. The first-order valence-electron chi connectivity index (χ1n) is 9.27. The lowest BCUT2D eigenvalue weighted by Crippen LogP contribution is -2.15. The molecule has 0 radical (unpaired) electrons. The van der Waals surface area contributed by atoms with Crippen molar-refractivity contribution in [2.75, 3.05) is 13.2 Å². The topological polar surface area (TPSA) is 44.2 Å². The Kier molecular flexibility index (Phi) is 4.22. The summed E-state index contributed by atoms with van der Waals surface area (Å²) in [5.41, 5.74) is 5.78. The van der Waals surface area contributed by atoms with Gasteiger partial charge in [-0.05, 0) is 23.8 Å². The predicted molar refractivity (Wildman–Crippen MR) is 109 cm³/mol. The molecule has 28 heavy (non-hydrogen) atoms. The van der Waals surface area contributed by atoms with Crippen molar-refractivity contribution < 1.29 is 9.47 Å². The summed E-state index contributed by atoms with van der Waals surface area (Å²) in [6, 6.07) is 28.3. The smallest absolute Gasteiger partial charge is 0.161 e. The lowest BCUT2D eigenvalue weighted by Gasteiger charge is -2.19. The van der Waals surface area contributed by atoms with E-state index in [1.54, 1.807) is 0 Å². The van der Waals surface area contributed by atoms with Gasteiger partial charge >= 0.3 is 0 Å². The number of hydrogen-bond acceptors (Lipinski definition) is 4. The van der Waals surface area contributed by atoms with Crippen LogP contribution in [0.25, 0.3) is 33.6 Å². The van der Waals surface area contributed by atoms with Crippen LogP contribution in [-0.2, 0) is 0 Å². The number of aromatic nitrogens is 2. The Hall–Kier alpha value is -3.66. The number of fused-ring (bicyclic) bond motifs is 1. The molecule has 0 fully saturated rings. The fraction of sp³-hybridized carbons (Fsp3) is 0.0833. The standard InChI is InChI=1S/C24H18N2O2/c1-3-7-17(8-4-1)21-16-20(24(26-25-21)18-9-5-2-6-10-18)19-11-12-22-23(15-19)28-14-13-27-22/h1-12,15-16H,13-14H2. The Morgan fingerprint density at radius 2 is 1.25 bits per heavy atom. The van der Waals surface area contributed by atoms with Crippen LogP contribution in [0.2, 0.25) is 0 Å². The highest BCUT2D eigenvalue weighted by atomic mass is 16.6. The van der Waals surface area contributed by atoms with Crippen LogP contribution in [0, 0.1) is 0 Å². The van der Waals surface area contributed by atoms with Crippen LogP contribution in [-0.4, -0.2) is 23.4 Å². The van der Waals surface area contributed by atoms with Gasteiger partial charge in [-0.2, -0.15) is 0 Å². The first-order valence-corrected chi connectivity index (χ1v) is 9.27. The summed E-state index contributed by atoms with van der Waals surface area (Å²) in [7, 11) is 0. The first-order chi connectivity index (χ1) is 13.9. The van der Waals surface area contributed by atoms with Crippen LogP contribution < -0.4 is 9.47 Å². The van der Waals surface area contributed by atoms with Gasteiger partial charge in [0.1, 0.15) is 18.9 Å². The van der Waals surface area contributed by atoms with Crippen molar-refractivity contribution >= 4 is 0 Å². The molecule has 136 valence electrons. The average molecular weight is 366 g/mol. The van der Waals surface area contributed by atoms with E-state index >= 15 is 0 Å². The van der Waals surface area contributed by atoms with Crippen molar-refractivity contribution in [3.8, 4) is 45.1 Å². The maximum absolute atomic E-state index is 5.79. The third-order valence-corrected chi connectivity index (χ3v) is 4.76. The van der Waals surface area contributed by atoms with Crippen molar-refractivity contribution in [2.24, 2.45) is 0 Å². The van der Waals surface area contributed by atoms with E-state index in [0.717, 1.165) is 45.1 Å². The van der Waals surface area contributed by atoms with Crippen molar-refractivity contribution in [1.82, 2.24) is 10.2 Å². The Labute approximate surface area is 163 Å². The Morgan fingerprint density at radius 3 is 2.00 bits per heavy atom. The van der Waals surface area contributed by atoms with Crippen LogP contribution in [0.5, 0.6) is 11.5 Å². The quantitative estimate of drug-likeness (QED) is 0.497. The molecule has 0 unspecified atom stereocenters. The van der Waals surface area contributed by atoms with Crippen molar-refractivity contribution in [1.29, 1.82) is 0 Å². The lowest BCUT2D eigenvalue weighted by molar-refractivity contribution is 0.171. The first kappa shape index (κ1) is 16.5. The zero-order valence-electron chi connectivity index (χ0n) is 15.2. The second-order valence-electron chi connectivity index (χ2n) is 6.58. The van der Waals surface area contributed by atoms with E-state index in [1.807, 2.05) is 78.9 Å². The molecule has 0 spiro atoms. The molecule has 1 aliphatic rings. The third kappa shape index (κ3) is 3.09. The summed E-state index contributed by atoms with van der Waals surface area (Å²) in [5, 5.41) is 9.08. The predicted octanol–water partition coefficient (Wildman–Crippen LogP) is 5.25. The number of rotatable bonds is 3. The van der Waals surface area contributed by atoms with Crippen LogP contribution in [0.1, 0.15) is 0 Å². The minimum Gasteiger partial charge on any atom is -0.486 e. The number of hydrogen-bond donors (Lipinski definition) is 0. The van der Waals surface area contributed by atoms with Crippen LogP contribution in [0.15, 0.2) is 84.9 Å². The zero-order chi connectivity index (χ0) is 18.8. The minimum atomic E-state index is 0.561. The average Bonchev–Trinajstić information content (AvgIpc) is 2.79. The molecule has 1 aliphatic heterocycles. The van der Waals surface area contributed by atoms with Crippen molar-refractivity contribution in [3.05, 3.63) is 84.9 Å². The second-order valence-corrected chi connectivity index (χ2v) is 6.58. The van der Waals surface area contributed by atoms with Crippen molar-refractivity contribution in [2.45, 2.75) is 0 Å². The number of benzene rings is 3. The molecule has 4 heteroatoms. The van der Waals surface area contributed by atoms with Gasteiger partial charge in [0.15, 0.2) is 11.5 Å². The summed E-state index contributed by atoms with van der Waals surface area (Å²) >= 11 is 0. The van der Waals surface area contributed by atoms with Gasteiger partial charge in [0.05, 0.1) is 5.69 Å². The molecule has 0 saturated carbocycles.